The first kappa shape index (κ1) is 10.2. The van der Waals surface area contributed by atoms with Gasteiger partial charge in [-0.05, 0) is 0 Å². The van der Waals surface area contributed by atoms with Crippen LogP contribution in [0.5, 0.6) is 0 Å². The minimum Gasteiger partial charge on any atom is -0.366 e. The van der Waals surface area contributed by atoms with Crippen molar-refractivity contribution in [1.29, 1.82) is 5.41 Å². The fraction of sp³-hybridized carbons (Fsp3) is 0.500. The van der Waals surface area contributed by atoms with Gasteiger partial charge in [-0.3, -0.25) is 4.79 Å². The van der Waals surface area contributed by atoms with Gasteiger partial charge in [-0.15, -0.1) is 0 Å². The van der Waals surface area contributed by atoms with E-state index in [9.17, 15) is 4.79 Å². The third-order valence-electron chi connectivity index (χ3n) is 1.94. The summed E-state index contributed by atoms with van der Waals surface area (Å²) in [7, 11) is 0. The summed E-state index contributed by atoms with van der Waals surface area (Å²) < 4.78 is 0. The molecule has 0 aromatic carbocycles. The molecule has 1 fully saturated rings. The Balaban J connectivity index is 2.75. The van der Waals surface area contributed by atoms with E-state index in [0.29, 0.717) is 12.0 Å². The number of nitrogens with one attached hydrogen (secondary N) is 2. The molecule has 0 unspecified atom stereocenters. The molecule has 1 heterocycles. The van der Waals surface area contributed by atoms with Crippen molar-refractivity contribution in [1.82, 2.24) is 10.2 Å². The van der Waals surface area contributed by atoms with Gasteiger partial charge in [0.1, 0.15) is 5.03 Å². The van der Waals surface area contributed by atoms with E-state index in [-0.39, 0.29) is 5.03 Å². The molecule has 1 aliphatic rings. The molecule has 0 atom stereocenters. The highest BCUT2D eigenvalue weighted by Crippen LogP contribution is 2.10. The first-order chi connectivity index (χ1) is 6.29. The predicted octanol–water partition coefficient (Wildman–Crippen LogP) is 0.190. The summed E-state index contributed by atoms with van der Waals surface area (Å²) in [6.07, 6.45) is 1.70. The lowest BCUT2D eigenvalue weighted by atomic mass is 10.3. The maximum atomic E-state index is 10.4. The lowest BCUT2D eigenvalue weighted by molar-refractivity contribution is -0.104. The highest BCUT2D eigenvalue weighted by atomic mass is 35.5. The van der Waals surface area contributed by atoms with Crippen molar-refractivity contribution in [2.75, 3.05) is 26.2 Å². The summed E-state index contributed by atoms with van der Waals surface area (Å²) >= 11 is 5.66. The first-order valence-corrected chi connectivity index (χ1v) is 4.48. The van der Waals surface area contributed by atoms with E-state index >= 15 is 0 Å². The highest BCUT2D eigenvalue weighted by molar-refractivity contribution is 6.40. The van der Waals surface area contributed by atoms with Crippen LogP contribution in [-0.4, -0.2) is 43.6 Å². The van der Waals surface area contributed by atoms with Gasteiger partial charge in [0, 0.05) is 32.4 Å². The maximum Gasteiger partial charge on any atom is 0.163 e. The number of hydrogen-bond acceptors (Lipinski definition) is 4. The molecule has 1 saturated heterocycles. The van der Waals surface area contributed by atoms with Crippen molar-refractivity contribution >= 4 is 24.1 Å². The SMILES string of the molecule is N=C/C(=C(/Cl)C=O)N1CCNCC1. The summed E-state index contributed by atoms with van der Waals surface area (Å²) in [5.41, 5.74) is 0.512. The van der Waals surface area contributed by atoms with Gasteiger partial charge in [-0.1, -0.05) is 11.6 Å². The number of nitrogens with zero attached hydrogens (tertiary/aromatic N) is 1. The maximum absolute atomic E-state index is 10.4. The zero-order valence-corrected chi connectivity index (χ0v) is 7.97. The molecule has 0 aliphatic carbocycles. The average Bonchev–Trinajstić information content (AvgIpc) is 2.20. The molecule has 0 bridgehead atoms. The Bertz CT molecular complexity index is 234. The Hall–Kier alpha value is -0.870. The second-order valence-electron chi connectivity index (χ2n) is 2.73. The van der Waals surface area contributed by atoms with Crippen LogP contribution in [0.25, 0.3) is 0 Å². The smallest absolute Gasteiger partial charge is 0.163 e. The van der Waals surface area contributed by atoms with Gasteiger partial charge < -0.3 is 15.6 Å². The number of carbonyl (C=O) groups is 1. The summed E-state index contributed by atoms with van der Waals surface area (Å²) in [5, 5.41) is 10.4. The van der Waals surface area contributed by atoms with Crippen LogP contribution in [-0.2, 0) is 4.79 Å². The minimum absolute atomic E-state index is 0.108. The number of aldehydes is 1. The Labute approximate surface area is 82.1 Å². The van der Waals surface area contributed by atoms with Gasteiger partial charge in [0.2, 0.25) is 0 Å². The van der Waals surface area contributed by atoms with Crippen LogP contribution in [0.3, 0.4) is 0 Å². The monoisotopic (exact) mass is 201 g/mol. The average molecular weight is 202 g/mol. The van der Waals surface area contributed by atoms with Crippen molar-refractivity contribution in [2.24, 2.45) is 0 Å². The van der Waals surface area contributed by atoms with Crippen molar-refractivity contribution in [3.05, 3.63) is 10.7 Å². The van der Waals surface area contributed by atoms with Crippen LogP contribution in [0, 0.1) is 5.41 Å². The Kier molecular flexibility index (Phi) is 3.92. The molecule has 1 rings (SSSR count). The van der Waals surface area contributed by atoms with E-state index in [0.717, 1.165) is 32.4 Å². The van der Waals surface area contributed by atoms with Crippen molar-refractivity contribution in [3.8, 4) is 0 Å². The van der Waals surface area contributed by atoms with Gasteiger partial charge in [0.05, 0.1) is 5.70 Å². The summed E-state index contributed by atoms with van der Waals surface area (Å²) in [6, 6.07) is 0. The van der Waals surface area contributed by atoms with Crippen LogP contribution in [0.1, 0.15) is 0 Å². The van der Waals surface area contributed by atoms with Crippen molar-refractivity contribution < 1.29 is 4.79 Å². The molecule has 0 aromatic rings. The first-order valence-electron chi connectivity index (χ1n) is 4.10. The van der Waals surface area contributed by atoms with Crippen LogP contribution in [0.15, 0.2) is 10.7 Å². The quantitative estimate of drug-likeness (QED) is 0.390. The van der Waals surface area contributed by atoms with Crippen molar-refractivity contribution in [2.45, 2.75) is 0 Å². The molecule has 0 saturated carbocycles. The van der Waals surface area contributed by atoms with E-state index < -0.39 is 0 Å². The highest BCUT2D eigenvalue weighted by Gasteiger charge is 2.13. The standard InChI is InChI=1S/C8H12ClN3O/c9-7(6-13)8(5-10)12-3-1-11-2-4-12/h5-6,10-11H,1-4H2/b8-7-,10-5?. The lowest BCUT2D eigenvalue weighted by Gasteiger charge is -2.29. The molecular weight excluding hydrogens is 190 g/mol. The molecule has 0 amide bonds. The fourth-order valence-electron chi connectivity index (χ4n) is 1.28. The molecule has 13 heavy (non-hydrogen) atoms. The molecule has 4 nitrogen and oxygen atoms in total. The van der Waals surface area contributed by atoms with E-state index in [2.05, 4.69) is 5.32 Å². The second-order valence-corrected chi connectivity index (χ2v) is 3.14. The van der Waals surface area contributed by atoms with E-state index in [1.807, 2.05) is 4.90 Å². The molecule has 0 spiro atoms. The summed E-state index contributed by atoms with van der Waals surface area (Å²) in [4.78, 5) is 12.3. The van der Waals surface area contributed by atoms with E-state index in [4.69, 9.17) is 17.0 Å². The third kappa shape index (κ3) is 2.54. The number of halogens is 1. The summed E-state index contributed by atoms with van der Waals surface area (Å²) in [5.74, 6) is 0. The van der Waals surface area contributed by atoms with Crippen LogP contribution in [0.2, 0.25) is 0 Å². The molecule has 2 N–H and O–H groups in total. The van der Waals surface area contributed by atoms with E-state index in [1.165, 1.54) is 0 Å². The topological polar surface area (TPSA) is 56.2 Å². The normalized spacial score (nSPS) is 19.3. The van der Waals surface area contributed by atoms with Crippen molar-refractivity contribution in [3.63, 3.8) is 0 Å². The minimum atomic E-state index is 0.108. The molecular formula is C8H12ClN3O. The molecule has 0 radical (unpaired) electrons. The second kappa shape index (κ2) is 4.99. The van der Waals surface area contributed by atoms with E-state index in [1.54, 1.807) is 0 Å². The molecule has 72 valence electrons. The lowest BCUT2D eigenvalue weighted by Crippen LogP contribution is -2.43. The van der Waals surface area contributed by atoms with Crippen LogP contribution >= 0.6 is 11.6 Å². The zero-order valence-electron chi connectivity index (χ0n) is 7.22. The van der Waals surface area contributed by atoms with Gasteiger partial charge in [-0.2, -0.15) is 0 Å². The number of carbonyl (C=O) groups excluding carboxylic acids is 1. The third-order valence-corrected chi connectivity index (χ3v) is 2.23. The number of piperazine rings is 1. The van der Waals surface area contributed by atoms with Gasteiger partial charge in [-0.25, -0.2) is 0 Å². The molecule has 0 aromatic heterocycles. The molecule has 1 aliphatic heterocycles. The number of allylic oxidation sites excluding steroid dienone is 2. The number of rotatable bonds is 3. The van der Waals surface area contributed by atoms with Gasteiger partial charge in [0.25, 0.3) is 0 Å². The zero-order chi connectivity index (χ0) is 9.68. The predicted molar refractivity (Wildman–Crippen MR) is 52.2 cm³/mol. The van der Waals surface area contributed by atoms with Crippen LogP contribution < -0.4 is 5.32 Å². The Morgan fingerprint density at radius 3 is 2.54 bits per heavy atom. The largest absolute Gasteiger partial charge is 0.366 e. The van der Waals surface area contributed by atoms with Crippen LogP contribution in [0.4, 0.5) is 0 Å². The van der Waals surface area contributed by atoms with Gasteiger partial charge in [0.15, 0.2) is 6.29 Å². The fourth-order valence-corrected chi connectivity index (χ4v) is 1.45. The Morgan fingerprint density at radius 2 is 2.08 bits per heavy atom. The summed E-state index contributed by atoms with van der Waals surface area (Å²) in [6.45, 7) is 3.30. The Morgan fingerprint density at radius 1 is 1.46 bits per heavy atom. The number of hydrogen-bond donors (Lipinski definition) is 2. The molecule has 5 heteroatoms. The van der Waals surface area contributed by atoms with Gasteiger partial charge >= 0.3 is 0 Å².